The van der Waals surface area contributed by atoms with Gasteiger partial charge >= 0.3 is 11.9 Å². The van der Waals surface area contributed by atoms with E-state index in [2.05, 4.69) is 0 Å². The molecule has 94 valence electrons. The molecule has 5 nitrogen and oxygen atoms in total. The Morgan fingerprint density at radius 2 is 2.00 bits per heavy atom. The highest BCUT2D eigenvalue weighted by atomic mass is 32.1. The molecule has 0 unspecified atom stereocenters. The van der Waals surface area contributed by atoms with Crippen LogP contribution in [0.1, 0.15) is 36.2 Å². The molecule has 0 saturated heterocycles. The maximum atomic E-state index is 11.6. The van der Waals surface area contributed by atoms with Gasteiger partial charge in [0, 0.05) is 12.0 Å². The molecule has 0 aliphatic rings. The number of rotatable bonds is 4. The lowest BCUT2D eigenvalue weighted by Crippen LogP contribution is -2.08. The SMILES string of the molecule is CCOC(=O)c1c(N)sc(OC(=O)CC)c1C. The number of anilines is 1. The number of nitrogens with two attached hydrogens (primary N) is 1. The molecule has 0 fully saturated rings. The quantitative estimate of drug-likeness (QED) is 0.836. The van der Waals surface area contributed by atoms with Crippen molar-refractivity contribution in [2.45, 2.75) is 27.2 Å². The van der Waals surface area contributed by atoms with Crippen molar-refractivity contribution < 1.29 is 19.1 Å². The van der Waals surface area contributed by atoms with Crippen molar-refractivity contribution in [2.24, 2.45) is 0 Å². The average Bonchev–Trinajstić information content (AvgIpc) is 2.54. The van der Waals surface area contributed by atoms with Gasteiger partial charge in [-0.05, 0) is 13.8 Å². The Balaban J connectivity index is 3.01. The van der Waals surface area contributed by atoms with Gasteiger partial charge in [-0.3, -0.25) is 4.79 Å². The molecule has 1 rings (SSSR count). The van der Waals surface area contributed by atoms with Crippen LogP contribution in [-0.4, -0.2) is 18.5 Å². The maximum Gasteiger partial charge on any atom is 0.341 e. The van der Waals surface area contributed by atoms with Crippen LogP contribution in [0.4, 0.5) is 5.00 Å². The summed E-state index contributed by atoms with van der Waals surface area (Å²) in [5, 5.41) is 0.664. The highest BCUT2D eigenvalue weighted by Gasteiger charge is 2.22. The second-order valence-corrected chi connectivity index (χ2v) is 4.32. The molecule has 2 N–H and O–H groups in total. The van der Waals surface area contributed by atoms with E-state index in [9.17, 15) is 9.59 Å². The standard InChI is InChI=1S/C11H15NO4S/c1-4-7(13)16-11-6(3)8(9(12)17-11)10(14)15-5-2/h4-5,12H2,1-3H3. The van der Waals surface area contributed by atoms with Crippen molar-refractivity contribution >= 4 is 28.3 Å². The van der Waals surface area contributed by atoms with Gasteiger partial charge in [0.05, 0.1) is 6.61 Å². The van der Waals surface area contributed by atoms with Crippen LogP contribution < -0.4 is 10.5 Å². The maximum absolute atomic E-state index is 11.6. The van der Waals surface area contributed by atoms with Crippen molar-refractivity contribution in [3.8, 4) is 5.06 Å². The average molecular weight is 257 g/mol. The summed E-state index contributed by atoms with van der Waals surface area (Å²) in [4.78, 5) is 22.8. The summed E-state index contributed by atoms with van der Waals surface area (Å²) < 4.78 is 9.96. The molecule has 17 heavy (non-hydrogen) atoms. The normalized spacial score (nSPS) is 10.1. The Labute approximate surface area is 104 Å². The van der Waals surface area contributed by atoms with Crippen LogP contribution in [0.15, 0.2) is 0 Å². The van der Waals surface area contributed by atoms with Crippen LogP contribution in [0, 0.1) is 6.92 Å². The Hall–Kier alpha value is -1.56. The van der Waals surface area contributed by atoms with Gasteiger partial charge in [-0.15, -0.1) is 0 Å². The van der Waals surface area contributed by atoms with Crippen LogP contribution >= 0.6 is 11.3 Å². The third kappa shape index (κ3) is 2.97. The number of carbonyl (C=O) groups is 2. The molecule has 0 aliphatic heterocycles. The lowest BCUT2D eigenvalue weighted by atomic mass is 10.2. The third-order valence-electron chi connectivity index (χ3n) is 2.11. The summed E-state index contributed by atoms with van der Waals surface area (Å²) >= 11 is 1.07. The molecule has 0 atom stereocenters. The fourth-order valence-electron chi connectivity index (χ4n) is 1.24. The van der Waals surface area contributed by atoms with E-state index in [4.69, 9.17) is 15.2 Å². The Kier molecular flexibility index (Phi) is 4.51. The lowest BCUT2D eigenvalue weighted by Gasteiger charge is -2.03. The number of nitrogen functional groups attached to an aromatic ring is 1. The molecule has 0 spiro atoms. The fraction of sp³-hybridized carbons (Fsp3) is 0.455. The summed E-state index contributed by atoms with van der Waals surface area (Å²) in [5.41, 5.74) is 6.55. The molecular weight excluding hydrogens is 242 g/mol. The molecule has 0 amide bonds. The molecule has 1 aromatic rings. The first-order valence-electron chi connectivity index (χ1n) is 5.27. The van der Waals surface area contributed by atoms with E-state index >= 15 is 0 Å². The molecule has 6 heteroatoms. The molecule has 0 saturated carbocycles. The van der Waals surface area contributed by atoms with E-state index in [0.717, 1.165) is 11.3 Å². The van der Waals surface area contributed by atoms with Gasteiger partial charge < -0.3 is 15.2 Å². The van der Waals surface area contributed by atoms with Gasteiger partial charge in [-0.1, -0.05) is 18.3 Å². The smallest absolute Gasteiger partial charge is 0.341 e. The Bertz CT molecular complexity index is 439. The van der Waals surface area contributed by atoms with E-state index in [1.165, 1.54) is 0 Å². The van der Waals surface area contributed by atoms with Crippen molar-refractivity contribution in [3.63, 3.8) is 0 Å². The number of carbonyl (C=O) groups excluding carboxylic acids is 2. The van der Waals surface area contributed by atoms with Crippen LogP contribution in [0.25, 0.3) is 0 Å². The molecule has 0 aliphatic carbocycles. The minimum absolute atomic E-state index is 0.270. The lowest BCUT2D eigenvalue weighted by molar-refractivity contribution is -0.133. The van der Waals surface area contributed by atoms with Crippen molar-refractivity contribution in [2.75, 3.05) is 12.3 Å². The van der Waals surface area contributed by atoms with Gasteiger partial charge in [-0.2, -0.15) is 0 Å². The largest absolute Gasteiger partial charge is 0.462 e. The monoisotopic (exact) mass is 257 g/mol. The van der Waals surface area contributed by atoms with Crippen LogP contribution in [0.3, 0.4) is 0 Å². The van der Waals surface area contributed by atoms with E-state index in [1.54, 1.807) is 20.8 Å². The fourth-order valence-corrected chi connectivity index (χ4v) is 2.17. The molecule has 1 heterocycles. The summed E-state index contributed by atoms with van der Waals surface area (Å²) in [6, 6.07) is 0. The first-order chi connectivity index (χ1) is 8.01. The van der Waals surface area contributed by atoms with Gasteiger partial charge in [-0.25, -0.2) is 4.79 Å². The summed E-state index contributed by atoms with van der Waals surface area (Å²) in [6.07, 6.45) is 0.270. The van der Waals surface area contributed by atoms with Crippen molar-refractivity contribution in [1.29, 1.82) is 0 Å². The molecular formula is C11H15NO4S. The third-order valence-corrected chi connectivity index (χ3v) is 3.10. The van der Waals surface area contributed by atoms with Crippen LogP contribution in [0.5, 0.6) is 5.06 Å². The number of ether oxygens (including phenoxy) is 2. The summed E-state index contributed by atoms with van der Waals surface area (Å²) in [5.74, 6) is -0.845. The van der Waals surface area contributed by atoms with Gasteiger partial charge in [0.2, 0.25) is 0 Å². The van der Waals surface area contributed by atoms with E-state index in [0.29, 0.717) is 15.6 Å². The molecule has 0 bridgehead atoms. The highest BCUT2D eigenvalue weighted by molar-refractivity contribution is 7.18. The number of thiophene rings is 1. The predicted octanol–water partition coefficient (Wildman–Crippen LogP) is 2.13. The molecule has 0 aromatic carbocycles. The highest BCUT2D eigenvalue weighted by Crippen LogP contribution is 2.37. The Morgan fingerprint density at radius 3 is 2.53 bits per heavy atom. The topological polar surface area (TPSA) is 78.6 Å². The van der Waals surface area contributed by atoms with Gasteiger partial charge in [0.25, 0.3) is 0 Å². The molecule has 1 aromatic heterocycles. The number of esters is 2. The first-order valence-corrected chi connectivity index (χ1v) is 6.09. The second-order valence-electron chi connectivity index (χ2n) is 3.30. The zero-order chi connectivity index (χ0) is 13.0. The minimum atomic E-state index is -0.488. The second kappa shape index (κ2) is 5.67. The minimum Gasteiger partial charge on any atom is -0.462 e. The van der Waals surface area contributed by atoms with Gasteiger partial charge in [0.1, 0.15) is 10.6 Å². The predicted molar refractivity (Wildman–Crippen MR) is 65.4 cm³/mol. The van der Waals surface area contributed by atoms with Crippen LogP contribution in [0.2, 0.25) is 0 Å². The summed E-state index contributed by atoms with van der Waals surface area (Å²) in [6.45, 7) is 5.36. The van der Waals surface area contributed by atoms with Crippen LogP contribution in [-0.2, 0) is 9.53 Å². The van der Waals surface area contributed by atoms with Crippen molar-refractivity contribution in [1.82, 2.24) is 0 Å². The molecule has 0 radical (unpaired) electrons. The van der Waals surface area contributed by atoms with E-state index in [1.807, 2.05) is 0 Å². The Morgan fingerprint density at radius 1 is 1.35 bits per heavy atom. The zero-order valence-corrected chi connectivity index (χ0v) is 10.8. The number of hydrogen-bond acceptors (Lipinski definition) is 6. The first kappa shape index (κ1) is 13.5. The number of hydrogen-bond donors (Lipinski definition) is 1. The van der Waals surface area contributed by atoms with Crippen molar-refractivity contribution in [3.05, 3.63) is 11.1 Å². The zero-order valence-electron chi connectivity index (χ0n) is 10.0. The van der Waals surface area contributed by atoms with E-state index < -0.39 is 5.97 Å². The summed E-state index contributed by atoms with van der Waals surface area (Å²) in [7, 11) is 0. The van der Waals surface area contributed by atoms with Gasteiger partial charge in [0.15, 0.2) is 5.06 Å². The van der Waals surface area contributed by atoms with E-state index in [-0.39, 0.29) is 24.6 Å².